The maximum Gasteiger partial charge on any atom is 0.257 e. The fourth-order valence-electron chi connectivity index (χ4n) is 1.46. The molecule has 3 nitrogen and oxygen atoms in total. The van der Waals surface area contributed by atoms with Crippen LogP contribution >= 0.6 is 33.9 Å². The lowest BCUT2D eigenvalue weighted by atomic mass is 10.1. The first-order valence-electron chi connectivity index (χ1n) is 5.06. The fraction of sp³-hybridized carbons (Fsp3) is 0.167. The summed E-state index contributed by atoms with van der Waals surface area (Å²) in [6.45, 7) is 3.90. The Kier molecular flexibility index (Phi) is 3.78. The SMILES string of the molecule is Cc1cnc(NC(=O)c2ccc(I)cc2C)s1. The molecule has 0 fully saturated rings. The minimum absolute atomic E-state index is 0.103. The predicted molar refractivity (Wildman–Crippen MR) is 78.7 cm³/mol. The van der Waals surface area contributed by atoms with Gasteiger partial charge in [0.2, 0.25) is 0 Å². The van der Waals surface area contributed by atoms with Gasteiger partial charge in [0, 0.05) is 20.2 Å². The van der Waals surface area contributed by atoms with Crippen LogP contribution in [-0.4, -0.2) is 10.9 Å². The Morgan fingerprint density at radius 1 is 1.41 bits per heavy atom. The van der Waals surface area contributed by atoms with Crippen LogP contribution in [0.2, 0.25) is 0 Å². The van der Waals surface area contributed by atoms with E-state index in [1.54, 1.807) is 6.20 Å². The number of halogens is 1. The highest BCUT2D eigenvalue weighted by molar-refractivity contribution is 14.1. The summed E-state index contributed by atoms with van der Waals surface area (Å²) in [5.74, 6) is -0.103. The Morgan fingerprint density at radius 3 is 2.76 bits per heavy atom. The molecule has 0 atom stereocenters. The molecule has 2 rings (SSSR count). The van der Waals surface area contributed by atoms with Crippen LogP contribution in [0.4, 0.5) is 5.13 Å². The van der Waals surface area contributed by atoms with Crippen molar-refractivity contribution in [2.45, 2.75) is 13.8 Å². The van der Waals surface area contributed by atoms with Crippen molar-refractivity contribution in [3.05, 3.63) is 44.0 Å². The number of amides is 1. The molecule has 0 saturated heterocycles. The van der Waals surface area contributed by atoms with Crippen molar-refractivity contribution >= 4 is 45.0 Å². The number of aryl methyl sites for hydroxylation is 2. The normalized spacial score (nSPS) is 10.3. The molecule has 0 aliphatic heterocycles. The molecule has 1 aromatic heterocycles. The molecule has 0 unspecified atom stereocenters. The highest BCUT2D eigenvalue weighted by Crippen LogP contribution is 2.19. The van der Waals surface area contributed by atoms with Crippen molar-refractivity contribution in [1.82, 2.24) is 4.98 Å². The second kappa shape index (κ2) is 5.14. The number of thiazole rings is 1. The lowest BCUT2D eigenvalue weighted by Crippen LogP contribution is -2.13. The van der Waals surface area contributed by atoms with Crippen LogP contribution in [0.3, 0.4) is 0 Å². The van der Waals surface area contributed by atoms with Crippen LogP contribution < -0.4 is 5.32 Å². The Bertz CT molecular complexity index is 565. The smallest absolute Gasteiger partial charge is 0.257 e. The van der Waals surface area contributed by atoms with E-state index in [0.29, 0.717) is 10.7 Å². The Hall–Kier alpha value is -0.950. The van der Waals surface area contributed by atoms with Gasteiger partial charge in [0.1, 0.15) is 0 Å². The number of nitrogens with one attached hydrogen (secondary N) is 1. The minimum atomic E-state index is -0.103. The topological polar surface area (TPSA) is 42.0 Å². The number of hydrogen-bond acceptors (Lipinski definition) is 3. The van der Waals surface area contributed by atoms with Crippen molar-refractivity contribution in [3.8, 4) is 0 Å². The molecule has 2 aromatic rings. The van der Waals surface area contributed by atoms with Crippen molar-refractivity contribution in [2.75, 3.05) is 5.32 Å². The van der Waals surface area contributed by atoms with Gasteiger partial charge in [-0.1, -0.05) is 0 Å². The van der Waals surface area contributed by atoms with Gasteiger partial charge in [-0.25, -0.2) is 4.98 Å². The zero-order valence-electron chi connectivity index (χ0n) is 9.45. The van der Waals surface area contributed by atoms with Gasteiger partial charge in [0.25, 0.3) is 5.91 Å². The Morgan fingerprint density at radius 2 is 2.18 bits per heavy atom. The number of nitrogens with zero attached hydrogens (tertiary/aromatic N) is 1. The number of carbonyl (C=O) groups is 1. The lowest BCUT2D eigenvalue weighted by Gasteiger charge is -2.05. The molecule has 5 heteroatoms. The fourth-order valence-corrected chi connectivity index (χ4v) is 2.77. The number of anilines is 1. The summed E-state index contributed by atoms with van der Waals surface area (Å²) in [6.07, 6.45) is 1.75. The zero-order valence-corrected chi connectivity index (χ0v) is 12.4. The molecule has 0 spiro atoms. The summed E-state index contributed by atoms with van der Waals surface area (Å²) in [6, 6.07) is 5.76. The van der Waals surface area contributed by atoms with Gasteiger partial charge in [-0.3, -0.25) is 10.1 Å². The molecule has 0 bridgehead atoms. The molecule has 1 heterocycles. The van der Waals surface area contributed by atoms with Crippen molar-refractivity contribution in [1.29, 1.82) is 0 Å². The van der Waals surface area contributed by atoms with Gasteiger partial charge >= 0.3 is 0 Å². The molecule has 1 aromatic carbocycles. The van der Waals surface area contributed by atoms with E-state index >= 15 is 0 Å². The molecular formula is C12H11IN2OS. The number of aromatic nitrogens is 1. The van der Waals surface area contributed by atoms with Gasteiger partial charge in [-0.15, -0.1) is 11.3 Å². The van der Waals surface area contributed by atoms with E-state index in [4.69, 9.17) is 0 Å². The molecule has 88 valence electrons. The Labute approximate surface area is 117 Å². The predicted octanol–water partition coefficient (Wildman–Crippen LogP) is 3.62. The minimum Gasteiger partial charge on any atom is -0.298 e. The van der Waals surface area contributed by atoms with Crippen molar-refractivity contribution in [2.24, 2.45) is 0 Å². The maximum atomic E-state index is 12.0. The maximum absolute atomic E-state index is 12.0. The summed E-state index contributed by atoms with van der Waals surface area (Å²) >= 11 is 3.71. The average Bonchev–Trinajstić information content (AvgIpc) is 2.63. The van der Waals surface area contributed by atoms with Crippen LogP contribution in [-0.2, 0) is 0 Å². The molecule has 0 saturated carbocycles. The number of benzene rings is 1. The van der Waals surface area contributed by atoms with Gasteiger partial charge < -0.3 is 0 Å². The first-order chi connectivity index (χ1) is 8.06. The summed E-state index contributed by atoms with van der Waals surface area (Å²) in [7, 11) is 0. The number of hydrogen-bond donors (Lipinski definition) is 1. The van der Waals surface area contributed by atoms with E-state index in [-0.39, 0.29) is 5.91 Å². The second-order valence-corrected chi connectivity index (χ2v) is 6.17. The van der Waals surface area contributed by atoms with Crippen molar-refractivity contribution in [3.63, 3.8) is 0 Å². The molecule has 0 radical (unpaired) electrons. The third kappa shape index (κ3) is 3.04. The third-order valence-corrected chi connectivity index (χ3v) is 3.77. The van der Waals surface area contributed by atoms with Crippen LogP contribution in [0, 0.1) is 17.4 Å². The van der Waals surface area contributed by atoms with E-state index in [1.807, 2.05) is 32.0 Å². The lowest BCUT2D eigenvalue weighted by molar-refractivity contribution is 0.102. The van der Waals surface area contributed by atoms with E-state index < -0.39 is 0 Å². The molecule has 0 aliphatic carbocycles. The average molecular weight is 358 g/mol. The van der Waals surface area contributed by atoms with E-state index in [0.717, 1.165) is 14.0 Å². The van der Waals surface area contributed by atoms with Gasteiger partial charge in [-0.05, 0) is 60.2 Å². The third-order valence-electron chi connectivity index (χ3n) is 2.27. The highest BCUT2D eigenvalue weighted by atomic mass is 127. The summed E-state index contributed by atoms with van der Waals surface area (Å²) < 4.78 is 1.13. The summed E-state index contributed by atoms with van der Waals surface area (Å²) in [5.41, 5.74) is 1.67. The second-order valence-electron chi connectivity index (χ2n) is 3.69. The van der Waals surface area contributed by atoms with Gasteiger partial charge in [-0.2, -0.15) is 0 Å². The number of rotatable bonds is 2. The van der Waals surface area contributed by atoms with E-state index in [2.05, 4.69) is 32.9 Å². The Balaban J connectivity index is 2.20. The molecule has 1 N–H and O–H groups in total. The molecule has 1 amide bonds. The molecule has 0 aliphatic rings. The van der Waals surface area contributed by atoms with E-state index in [1.165, 1.54) is 11.3 Å². The monoisotopic (exact) mass is 358 g/mol. The van der Waals surface area contributed by atoms with E-state index in [9.17, 15) is 4.79 Å². The first-order valence-corrected chi connectivity index (χ1v) is 6.96. The number of carbonyl (C=O) groups excluding carboxylic acids is 1. The van der Waals surface area contributed by atoms with Crippen LogP contribution in [0.25, 0.3) is 0 Å². The van der Waals surface area contributed by atoms with Crippen LogP contribution in [0.15, 0.2) is 24.4 Å². The molecular weight excluding hydrogens is 347 g/mol. The summed E-state index contributed by atoms with van der Waals surface area (Å²) in [5, 5.41) is 3.45. The molecule has 17 heavy (non-hydrogen) atoms. The van der Waals surface area contributed by atoms with Crippen LogP contribution in [0.1, 0.15) is 20.8 Å². The van der Waals surface area contributed by atoms with Crippen LogP contribution in [0.5, 0.6) is 0 Å². The highest BCUT2D eigenvalue weighted by Gasteiger charge is 2.10. The van der Waals surface area contributed by atoms with Crippen molar-refractivity contribution < 1.29 is 4.79 Å². The zero-order chi connectivity index (χ0) is 12.4. The first kappa shape index (κ1) is 12.5. The van der Waals surface area contributed by atoms with Gasteiger partial charge in [0.05, 0.1) is 0 Å². The quantitative estimate of drug-likeness (QED) is 0.834. The largest absolute Gasteiger partial charge is 0.298 e. The summed E-state index contributed by atoms with van der Waals surface area (Å²) in [4.78, 5) is 17.2. The standard InChI is InChI=1S/C12H11IN2OS/c1-7-5-9(13)3-4-10(7)11(16)15-12-14-6-8(2)17-12/h3-6H,1-2H3,(H,14,15,16). The van der Waals surface area contributed by atoms with Gasteiger partial charge in [0.15, 0.2) is 5.13 Å².